The van der Waals surface area contributed by atoms with E-state index in [1.807, 2.05) is 31.2 Å². The lowest BCUT2D eigenvalue weighted by molar-refractivity contribution is -0.121. The Kier molecular flexibility index (Phi) is 5.71. The van der Waals surface area contributed by atoms with Crippen molar-refractivity contribution in [2.75, 3.05) is 0 Å². The smallest absolute Gasteiger partial charge is 0.254 e. The Balaban J connectivity index is 1.97. The number of amides is 1. The molecule has 0 aliphatic heterocycles. The van der Waals surface area contributed by atoms with E-state index in [4.69, 9.17) is 0 Å². The number of hydrogen-bond donors (Lipinski definition) is 2. The third-order valence-corrected chi connectivity index (χ3v) is 4.07. The van der Waals surface area contributed by atoms with Gasteiger partial charge in [0.1, 0.15) is 5.82 Å². The maximum Gasteiger partial charge on any atom is 0.254 e. The monoisotopic (exact) mass is 377 g/mol. The highest BCUT2D eigenvalue weighted by atomic mass is 79.9. The average molecular weight is 378 g/mol. The SMILES string of the molecule is Cc1nc(C)c(CC(=O)N[C@@H](C)Cc2ccc(Br)cc2)c(=O)[nH]1. The summed E-state index contributed by atoms with van der Waals surface area (Å²) in [4.78, 5) is 30.9. The standard InChI is InChI=1S/C17H20BrN3O2/c1-10(8-13-4-6-14(18)7-5-13)19-16(22)9-15-11(2)20-12(3)21-17(15)23/h4-7,10H,8-9H2,1-3H3,(H,19,22)(H,20,21,23)/t10-/m0/s1. The maximum absolute atomic E-state index is 12.2. The van der Waals surface area contributed by atoms with Crippen LogP contribution in [0, 0.1) is 13.8 Å². The summed E-state index contributed by atoms with van der Waals surface area (Å²) in [7, 11) is 0. The van der Waals surface area contributed by atoms with Crippen LogP contribution in [0.5, 0.6) is 0 Å². The highest BCUT2D eigenvalue weighted by Gasteiger charge is 2.14. The van der Waals surface area contributed by atoms with Crippen molar-refractivity contribution in [3.8, 4) is 0 Å². The van der Waals surface area contributed by atoms with Gasteiger partial charge < -0.3 is 10.3 Å². The molecule has 23 heavy (non-hydrogen) atoms. The van der Waals surface area contributed by atoms with E-state index in [1.165, 1.54) is 0 Å². The summed E-state index contributed by atoms with van der Waals surface area (Å²) < 4.78 is 1.03. The Morgan fingerprint density at radius 2 is 1.96 bits per heavy atom. The predicted molar refractivity (Wildman–Crippen MR) is 93.5 cm³/mol. The number of benzene rings is 1. The predicted octanol–water partition coefficient (Wildman–Crippen LogP) is 2.44. The molecule has 1 aromatic heterocycles. The molecule has 2 aromatic rings. The molecule has 5 nitrogen and oxygen atoms in total. The molecule has 0 aliphatic rings. The Bertz CT molecular complexity index is 753. The van der Waals surface area contributed by atoms with Gasteiger partial charge in [-0.2, -0.15) is 0 Å². The Morgan fingerprint density at radius 1 is 1.30 bits per heavy atom. The van der Waals surface area contributed by atoms with E-state index in [-0.39, 0.29) is 23.9 Å². The molecule has 6 heteroatoms. The topological polar surface area (TPSA) is 74.8 Å². The van der Waals surface area contributed by atoms with E-state index in [9.17, 15) is 9.59 Å². The fourth-order valence-corrected chi connectivity index (χ4v) is 2.74. The third kappa shape index (κ3) is 5.03. The molecular formula is C17H20BrN3O2. The molecule has 1 amide bonds. The largest absolute Gasteiger partial charge is 0.353 e. The average Bonchev–Trinajstić information content (AvgIpc) is 2.45. The summed E-state index contributed by atoms with van der Waals surface area (Å²) in [5.41, 5.74) is 1.92. The molecule has 122 valence electrons. The van der Waals surface area contributed by atoms with Gasteiger partial charge in [-0.1, -0.05) is 28.1 Å². The van der Waals surface area contributed by atoms with Gasteiger partial charge in [0.05, 0.1) is 6.42 Å². The van der Waals surface area contributed by atoms with Crippen LogP contribution in [-0.4, -0.2) is 21.9 Å². The van der Waals surface area contributed by atoms with Crippen LogP contribution in [0.4, 0.5) is 0 Å². The molecule has 0 spiro atoms. The van der Waals surface area contributed by atoms with Crippen LogP contribution in [-0.2, 0) is 17.6 Å². The van der Waals surface area contributed by atoms with Gasteiger partial charge in [0.25, 0.3) is 5.56 Å². The maximum atomic E-state index is 12.2. The molecule has 0 aliphatic carbocycles. The van der Waals surface area contributed by atoms with Crippen molar-refractivity contribution in [3.63, 3.8) is 0 Å². The Labute approximate surface area is 143 Å². The normalized spacial score (nSPS) is 12.0. The van der Waals surface area contributed by atoms with E-state index in [0.29, 0.717) is 17.1 Å². The van der Waals surface area contributed by atoms with Crippen molar-refractivity contribution in [3.05, 3.63) is 61.7 Å². The van der Waals surface area contributed by atoms with Crippen molar-refractivity contribution < 1.29 is 4.79 Å². The van der Waals surface area contributed by atoms with Crippen molar-refractivity contribution in [1.82, 2.24) is 15.3 Å². The molecule has 1 heterocycles. The van der Waals surface area contributed by atoms with Gasteiger partial charge in [0.2, 0.25) is 5.91 Å². The van der Waals surface area contributed by atoms with E-state index in [0.717, 1.165) is 16.5 Å². The van der Waals surface area contributed by atoms with Gasteiger partial charge in [0.15, 0.2) is 0 Å². The fourth-order valence-electron chi connectivity index (χ4n) is 2.47. The molecule has 0 radical (unpaired) electrons. The molecule has 2 rings (SSSR count). The minimum absolute atomic E-state index is 0.0125. The van der Waals surface area contributed by atoms with Gasteiger partial charge >= 0.3 is 0 Å². The highest BCUT2D eigenvalue weighted by molar-refractivity contribution is 9.10. The summed E-state index contributed by atoms with van der Waals surface area (Å²) in [6.45, 7) is 5.42. The van der Waals surface area contributed by atoms with Crippen molar-refractivity contribution in [2.45, 2.75) is 39.7 Å². The number of rotatable bonds is 5. The summed E-state index contributed by atoms with van der Waals surface area (Å²) in [6, 6.07) is 7.98. The number of aromatic amines is 1. The second-order valence-corrected chi connectivity index (χ2v) is 6.61. The van der Waals surface area contributed by atoms with Crippen molar-refractivity contribution >= 4 is 21.8 Å². The highest BCUT2D eigenvalue weighted by Crippen LogP contribution is 2.12. The van der Waals surface area contributed by atoms with Gasteiger partial charge in [-0.05, 0) is 44.9 Å². The van der Waals surface area contributed by atoms with Crippen LogP contribution in [0.15, 0.2) is 33.5 Å². The second kappa shape index (κ2) is 7.55. The third-order valence-electron chi connectivity index (χ3n) is 3.54. The lowest BCUT2D eigenvalue weighted by atomic mass is 10.1. The summed E-state index contributed by atoms with van der Waals surface area (Å²) in [6.07, 6.45) is 0.777. The van der Waals surface area contributed by atoms with Crippen molar-refractivity contribution in [1.29, 1.82) is 0 Å². The van der Waals surface area contributed by atoms with Gasteiger partial charge in [0, 0.05) is 21.8 Å². The number of H-pyrrole nitrogens is 1. The zero-order valence-corrected chi connectivity index (χ0v) is 15.0. The number of carbonyl (C=O) groups excluding carboxylic acids is 1. The number of aryl methyl sites for hydroxylation is 2. The number of aromatic nitrogens is 2. The van der Waals surface area contributed by atoms with E-state index < -0.39 is 0 Å². The van der Waals surface area contributed by atoms with Crippen LogP contribution < -0.4 is 10.9 Å². The molecule has 0 saturated carbocycles. The van der Waals surface area contributed by atoms with E-state index in [1.54, 1.807) is 13.8 Å². The lowest BCUT2D eigenvalue weighted by Crippen LogP contribution is -2.36. The zero-order valence-electron chi connectivity index (χ0n) is 13.4. The van der Waals surface area contributed by atoms with E-state index >= 15 is 0 Å². The number of nitrogens with zero attached hydrogens (tertiary/aromatic N) is 1. The Hall–Kier alpha value is -1.95. The molecular weight excluding hydrogens is 358 g/mol. The van der Waals surface area contributed by atoms with Gasteiger partial charge in [-0.3, -0.25) is 9.59 Å². The van der Waals surface area contributed by atoms with Gasteiger partial charge in [-0.15, -0.1) is 0 Å². The zero-order chi connectivity index (χ0) is 17.0. The summed E-state index contributed by atoms with van der Waals surface area (Å²) in [5.74, 6) is 0.383. The first-order valence-corrected chi connectivity index (χ1v) is 8.24. The molecule has 0 unspecified atom stereocenters. The summed E-state index contributed by atoms with van der Waals surface area (Å²) >= 11 is 3.40. The summed E-state index contributed by atoms with van der Waals surface area (Å²) in [5, 5.41) is 2.93. The van der Waals surface area contributed by atoms with Crippen LogP contribution in [0.25, 0.3) is 0 Å². The Morgan fingerprint density at radius 3 is 2.57 bits per heavy atom. The van der Waals surface area contributed by atoms with E-state index in [2.05, 4.69) is 31.2 Å². The van der Waals surface area contributed by atoms with Crippen LogP contribution >= 0.6 is 15.9 Å². The minimum Gasteiger partial charge on any atom is -0.353 e. The molecule has 0 saturated heterocycles. The molecule has 1 aromatic carbocycles. The van der Waals surface area contributed by atoms with Crippen LogP contribution in [0.3, 0.4) is 0 Å². The fraction of sp³-hybridized carbons (Fsp3) is 0.353. The first-order chi connectivity index (χ1) is 10.8. The molecule has 0 bridgehead atoms. The molecule has 1 atom stereocenters. The quantitative estimate of drug-likeness (QED) is 0.839. The molecule has 0 fully saturated rings. The van der Waals surface area contributed by atoms with Gasteiger partial charge in [-0.25, -0.2) is 4.98 Å². The van der Waals surface area contributed by atoms with Crippen LogP contribution in [0.2, 0.25) is 0 Å². The van der Waals surface area contributed by atoms with Crippen molar-refractivity contribution in [2.24, 2.45) is 0 Å². The minimum atomic E-state index is -0.245. The number of nitrogens with one attached hydrogen (secondary N) is 2. The van der Waals surface area contributed by atoms with Crippen LogP contribution in [0.1, 0.15) is 29.6 Å². The number of halogens is 1. The number of hydrogen-bond acceptors (Lipinski definition) is 3. The number of carbonyl (C=O) groups is 1. The molecule has 2 N–H and O–H groups in total. The first kappa shape index (κ1) is 17.4. The second-order valence-electron chi connectivity index (χ2n) is 5.69. The first-order valence-electron chi connectivity index (χ1n) is 7.45. The lowest BCUT2D eigenvalue weighted by Gasteiger charge is -2.14.